The van der Waals surface area contributed by atoms with E-state index >= 15 is 0 Å². The van der Waals surface area contributed by atoms with Gasteiger partial charge in [0.1, 0.15) is 5.69 Å². The number of hydrogen-bond acceptors (Lipinski definition) is 4. The summed E-state index contributed by atoms with van der Waals surface area (Å²) in [5, 5.41) is 12.3. The van der Waals surface area contributed by atoms with Crippen molar-refractivity contribution in [2.24, 2.45) is 0 Å². The molecule has 0 spiro atoms. The van der Waals surface area contributed by atoms with Crippen molar-refractivity contribution in [3.63, 3.8) is 0 Å². The zero-order chi connectivity index (χ0) is 13.1. The van der Waals surface area contributed by atoms with Crippen LogP contribution in [0.5, 0.6) is 0 Å². The van der Waals surface area contributed by atoms with Gasteiger partial charge in [-0.15, -0.1) is 0 Å². The number of aromatic amines is 2. The highest BCUT2D eigenvalue weighted by molar-refractivity contribution is 5.92. The lowest BCUT2D eigenvalue weighted by Crippen LogP contribution is -2.45. The van der Waals surface area contributed by atoms with E-state index in [1.165, 1.54) is 0 Å². The summed E-state index contributed by atoms with van der Waals surface area (Å²) < 4.78 is 0. The van der Waals surface area contributed by atoms with Gasteiger partial charge in [0.05, 0.1) is 12.1 Å². The molecule has 0 saturated heterocycles. The summed E-state index contributed by atoms with van der Waals surface area (Å²) in [5.74, 6) is -0.552. The maximum absolute atomic E-state index is 11.8. The van der Waals surface area contributed by atoms with Crippen molar-refractivity contribution in [2.75, 3.05) is 0 Å². The van der Waals surface area contributed by atoms with Gasteiger partial charge >= 0.3 is 5.69 Å². The molecule has 0 aliphatic heterocycles. The Morgan fingerprint density at radius 2 is 2.00 bits per heavy atom. The van der Waals surface area contributed by atoms with Crippen LogP contribution in [0.25, 0.3) is 0 Å². The number of aromatic nitrogens is 2. The molecule has 0 unspecified atom stereocenters. The molecule has 4 N–H and O–H groups in total. The van der Waals surface area contributed by atoms with Crippen LogP contribution >= 0.6 is 0 Å². The van der Waals surface area contributed by atoms with Crippen LogP contribution in [-0.4, -0.2) is 33.1 Å². The van der Waals surface area contributed by atoms with Crippen molar-refractivity contribution >= 4 is 5.91 Å². The SMILES string of the molecule is O=C(N[C@@H]1CCCC[C@H]1O)c1cc(=O)[nH]c(=O)[nH]1. The average molecular weight is 253 g/mol. The zero-order valence-corrected chi connectivity index (χ0v) is 9.73. The van der Waals surface area contributed by atoms with Gasteiger partial charge in [0.2, 0.25) is 0 Å². The normalized spacial score (nSPS) is 23.6. The van der Waals surface area contributed by atoms with Gasteiger partial charge in [-0.3, -0.25) is 14.6 Å². The second-order valence-corrected chi connectivity index (χ2v) is 4.43. The maximum atomic E-state index is 11.8. The van der Waals surface area contributed by atoms with Crippen LogP contribution in [0, 0.1) is 0 Å². The highest BCUT2D eigenvalue weighted by Gasteiger charge is 2.25. The fraction of sp³-hybridized carbons (Fsp3) is 0.545. The van der Waals surface area contributed by atoms with Gasteiger partial charge in [-0.2, -0.15) is 0 Å². The molecular weight excluding hydrogens is 238 g/mol. The zero-order valence-electron chi connectivity index (χ0n) is 9.73. The number of aliphatic hydroxyl groups excluding tert-OH is 1. The van der Waals surface area contributed by atoms with Gasteiger partial charge in [0, 0.05) is 6.07 Å². The van der Waals surface area contributed by atoms with Gasteiger partial charge in [-0.05, 0) is 12.8 Å². The quantitative estimate of drug-likeness (QED) is 0.546. The van der Waals surface area contributed by atoms with Crippen LogP contribution in [0.4, 0.5) is 0 Å². The summed E-state index contributed by atoms with van der Waals surface area (Å²) in [6.07, 6.45) is 2.65. The average Bonchev–Trinajstić information content (AvgIpc) is 2.31. The lowest BCUT2D eigenvalue weighted by Gasteiger charge is -2.28. The first-order valence-electron chi connectivity index (χ1n) is 5.89. The fourth-order valence-electron chi connectivity index (χ4n) is 2.12. The van der Waals surface area contributed by atoms with Crippen molar-refractivity contribution in [1.29, 1.82) is 0 Å². The number of carbonyl (C=O) groups excluding carboxylic acids is 1. The third-order valence-corrected chi connectivity index (χ3v) is 3.05. The second-order valence-electron chi connectivity index (χ2n) is 4.43. The third kappa shape index (κ3) is 2.86. The number of aliphatic hydroxyl groups is 1. The third-order valence-electron chi connectivity index (χ3n) is 3.05. The minimum atomic E-state index is -0.725. The van der Waals surface area contributed by atoms with E-state index < -0.39 is 23.3 Å². The van der Waals surface area contributed by atoms with Crippen molar-refractivity contribution in [2.45, 2.75) is 37.8 Å². The van der Waals surface area contributed by atoms with Crippen molar-refractivity contribution < 1.29 is 9.90 Å². The van der Waals surface area contributed by atoms with Crippen LogP contribution in [0.3, 0.4) is 0 Å². The smallest absolute Gasteiger partial charge is 0.326 e. The molecule has 18 heavy (non-hydrogen) atoms. The van der Waals surface area contributed by atoms with E-state index in [0.29, 0.717) is 12.8 Å². The molecule has 0 radical (unpaired) electrons. The van der Waals surface area contributed by atoms with Crippen LogP contribution in [0.1, 0.15) is 36.2 Å². The Labute approximate surface area is 102 Å². The minimum Gasteiger partial charge on any atom is -0.391 e. The van der Waals surface area contributed by atoms with E-state index in [1.807, 2.05) is 4.98 Å². The van der Waals surface area contributed by atoms with Crippen LogP contribution in [-0.2, 0) is 0 Å². The lowest BCUT2D eigenvalue weighted by molar-refractivity contribution is 0.0713. The van der Waals surface area contributed by atoms with Gasteiger partial charge in [0.15, 0.2) is 0 Å². The standard InChI is InChI=1S/C11H15N3O4/c15-8-4-2-1-3-6(8)12-10(17)7-5-9(16)14-11(18)13-7/h5-6,8,15H,1-4H2,(H,12,17)(H2,13,14,16,18)/t6-,8-/m1/s1. The topological polar surface area (TPSA) is 115 Å². The highest BCUT2D eigenvalue weighted by atomic mass is 16.3. The molecule has 1 heterocycles. The van der Waals surface area contributed by atoms with Gasteiger partial charge in [-0.25, -0.2) is 4.79 Å². The molecule has 7 nitrogen and oxygen atoms in total. The summed E-state index contributed by atoms with van der Waals surface area (Å²) in [7, 11) is 0. The van der Waals surface area contributed by atoms with E-state index in [-0.39, 0.29) is 11.7 Å². The molecule has 1 aromatic rings. The lowest BCUT2D eigenvalue weighted by atomic mass is 9.92. The Bertz CT molecular complexity index is 519. The molecule has 1 saturated carbocycles. The Hall–Kier alpha value is -1.89. The first kappa shape index (κ1) is 12.6. The maximum Gasteiger partial charge on any atom is 0.326 e. The Balaban J connectivity index is 2.11. The molecule has 98 valence electrons. The van der Waals surface area contributed by atoms with E-state index in [0.717, 1.165) is 18.9 Å². The van der Waals surface area contributed by atoms with Gasteiger partial charge < -0.3 is 15.4 Å². The highest BCUT2D eigenvalue weighted by Crippen LogP contribution is 2.18. The van der Waals surface area contributed by atoms with E-state index in [2.05, 4.69) is 10.3 Å². The molecule has 2 atom stereocenters. The number of amides is 1. The number of nitrogens with one attached hydrogen (secondary N) is 3. The summed E-state index contributed by atoms with van der Waals surface area (Å²) in [5.41, 5.74) is -1.45. The first-order valence-corrected chi connectivity index (χ1v) is 5.89. The van der Waals surface area contributed by atoms with Crippen LogP contribution in [0.15, 0.2) is 15.7 Å². The molecule has 7 heteroatoms. The molecule has 0 aromatic carbocycles. The number of hydrogen-bond donors (Lipinski definition) is 4. The van der Waals surface area contributed by atoms with Crippen molar-refractivity contribution in [1.82, 2.24) is 15.3 Å². The van der Waals surface area contributed by atoms with E-state index in [1.54, 1.807) is 0 Å². The number of rotatable bonds is 2. The second kappa shape index (κ2) is 5.18. The monoisotopic (exact) mass is 253 g/mol. The van der Waals surface area contributed by atoms with Gasteiger partial charge in [0.25, 0.3) is 11.5 Å². The summed E-state index contributed by atoms with van der Waals surface area (Å²) in [4.78, 5) is 38.1. The predicted molar refractivity (Wildman–Crippen MR) is 63.4 cm³/mol. The Morgan fingerprint density at radius 3 is 2.67 bits per heavy atom. The Morgan fingerprint density at radius 1 is 1.28 bits per heavy atom. The number of H-pyrrole nitrogens is 2. The molecular formula is C11H15N3O4. The molecule has 1 amide bonds. The van der Waals surface area contributed by atoms with E-state index in [4.69, 9.17) is 0 Å². The molecule has 1 aromatic heterocycles. The predicted octanol–water partition coefficient (Wildman–Crippen LogP) is -0.903. The summed E-state index contributed by atoms with van der Waals surface area (Å²) in [6, 6.07) is 0.695. The molecule has 0 bridgehead atoms. The largest absolute Gasteiger partial charge is 0.391 e. The van der Waals surface area contributed by atoms with Crippen molar-refractivity contribution in [3.8, 4) is 0 Å². The molecule has 1 aliphatic rings. The molecule has 1 aliphatic carbocycles. The number of carbonyl (C=O) groups is 1. The van der Waals surface area contributed by atoms with E-state index in [9.17, 15) is 19.5 Å². The molecule has 2 rings (SSSR count). The Kier molecular flexibility index (Phi) is 3.61. The fourth-order valence-corrected chi connectivity index (χ4v) is 2.12. The minimum absolute atomic E-state index is 0.0958. The first-order chi connectivity index (χ1) is 8.56. The summed E-state index contributed by atoms with van der Waals surface area (Å²) in [6.45, 7) is 0. The van der Waals surface area contributed by atoms with Crippen LogP contribution < -0.4 is 16.6 Å². The van der Waals surface area contributed by atoms with Crippen LogP contribution in [0.2, 0.25) is 0 Å². The van der Waals surface area contributed by atoms with Gasteiger partial charge in [-0.1, -0.05) is 12.8 Å². The molecule has 1 fully saturated rings. The van der Waals surface area contributed by atoms with Crippen molar-refractivity contribution in [3.05, 3.63) is 32.6 Å². The summed E-state index contributed by atoms with van der Waals surface area (Å²) >= 11 is 0.